The lowest BCUT2D eigenvalue weighted by atomic mass is 10.1. The first-order chi connectivity index (χ1) is 8.29. The minimum atomic E-state index is 0.358. The second kappa shape index (κ2) is 5.41. The Bertz CT molecular complexity index is 549. The number of rotatable bonds is 3. The summed E-state index contributed by atoms with van der Waals surface area (Å²) in [5, 5.41) is 0.358. The number of benzene rings is 1. The van der Waals surface area contributed by atoms with Crippen molar-refractivity contribution in [3.05, 3.63) is 64.9 Å². The Morgan fingerprint density at radius 2 is 1.88 bits per heavy atom. The third-order valence-corrected chi connectivity index (χ3v) is 2.42. The first kappa shape index (κ1) is 11.6. The molecule has 3 heteroatoms. The largest absolute Gasteiger partial charge is 0.285 e. The van der Waals surface area contributed by atoms with Gasteiger partial charge < -0.3 is 0 Å². The van der Waals surface area contributed by atoms with E-state index in [9.17, 15) is 4.79 Å². The zero-order valence-corrected chi connectivity index (χ0v) is 9.69. The molecule has 1 radical (unpaired) electrons. The molecule has 0 aliphatic rings. The summed E-state index contributed by atoms with van der Waals surface area (Å²) >= 11 is 5.78. The number of hydrogen-bond donors (Lipinski definition) is 0. The van der Waals surface area contributed by atoms with Crippen molar-refractivity contribution >= 4 is 29.5 Å². The van der Waals surface area contributed by atoms with Crippen LogP contribution in [0.3, 0.4) is 0 Å². The molecular formula is C14H9ClNO. The van der Waals surface area contributed by atoms with Crippen LogP contribution >= 0.6 is 11.6 Å². The smallest absolute Gasteiger partial charge is 0.235 e. The van der Waals surface area contributed by atoms with E-state index in [-0.39, 0.29) is 0 Å². The molecule has 0 fully saturated rings. The van der Waals surface area contributed by atoms with Gasteiger partial charge in [0, 0.05) is 0 Å². The monoisotopic (exact) mass is 242 g/mol. The lowest BCUT2D eigenvalue weighted by Gasteiger charge is -1.99. The van der Waals surface area contributed by atoms with Crippen molar-refractivity contribution < 1.29 is 4.79 Å². The Labute approximate surface area is 105 Å². The molecule has 17 heavy (non-hydrogen) atoms. The molecule has 2 rings (SSSR count). The lowest BCUT2D eigenvalue weighted by molar-refractivity contribution is 0.565. The zero-order chi connectivity index (χ0) is 12.1. The van der Waals surface area contributed by atoms with Crippen LogP contribution < -0.4 is 0 Å². The maximum atomic E-state index is 10.9. The average Bonchev–Trinajstić information content (AvgIpc) is 2.37. The van der Waals surface area contributed by atoms with Crippen LogP contribution in [0.5, 0.6) is 0 Å². The number of carbonyl (C=O) groups excluding carboxylic acids is 1. The van der Waals surface area contributed by atoms with E-state index in [0.29, 0.717) is 16.4 Å². The average molecular weight is 243 g/mol. The van der Waals surface area contributed by atoms with Crippen LogP contribution in [0.1, 0.15) is 11.3 Å². The van der Waals surface area contributed by atoms with E-state index >= 15 is 0 Å². The van der Waals surface area contributed by atoms with Gasteiger partial charge in [-0.3, -0.25) is 4.79 Å². The fourth-order valence-electron chi connectivity index (χ4n) is 1.43. The standard InChI is InChI=1S/C14H9ClNO/c15-14-8-4-7-13(16-14)12(10-17)9-11-5-2-1-3-6-11/h1-9H. The van der Waals surface area contributed by atoms with E-state index in [2.05, 4.69) is 4.98 Å². The Balaban J connectivity index is 2.41. The molecule has 0 N–H and O–H groups in total. The quantitative estimate of drug-likeness (QED) is 0.610. The van der Waals surface area contributed by atoms with Gasteiger partial charge in [0.05, 0.1) is 11.3 Å². The lowest BCUT2D eigenvalue weighted by Crippen LogP contribution is -1.90. The predicted molar refractivity (Wildman–Crippen MR) is 69.3 cm³/mol. The summed E-state index contributed by atoms with van der Waals surface area (Å²) in [6.07, 6.45) is 3.61. The number of nitrogens with zero attached hydrogens (tertiary/aromatic N) is 1. The number of aromatic nitrogens is 1. The molecule has 0 saturated heterocycles. The Morgan fingerprint density at radius 3 is 2.53 bits per heavy atom. The summed E-state index contributed by atoms with van der Waals surface area (Å²) in [4.78, 5) is 15.0. The minimum absolute atomic E-state index is 0.358. The van der Waals surface area contributed by atoms with Crippen LogP contribution in [0.2, 0.25) is 5.15 Å². The van der Waals surface area contributed by atoms with Gasteiger partial charge in [-0.15, -0.1) is 0 Å². The number of hydrogen-bond acceptors (Lipinski definition) is 2. The molecule has 0 aliphatic carbocycles. The second-order valence-corrected chi connectivity index (χ2v) is 3.80. The van der Waals surface area contributed by atoms with Gasteiger partial charge in [-0.1, -0.05) is 48.0 Å². The highest BCUT2D eigenvalue weighted by molar-refractivity contribution is 6.29. The predicted octanol–water partition coefficient (Wildman–Crippen LogP) is 3.39. The van der Waals surface area contributed by atoms with E-state index in [1.165, 1.54) is 0 Å². The SMILES string of the molecule is O=[C]C(=Cc1ccccc1)c1cccc(Cl)n1. The van der Waals surface area contributed by atoms with Crippen molar-refractivity contribution in [2.75, 3.05) is 0 Å². The molecule has 1 heterocycles. The van der Waals surface area contributed by atoms with E-state index in [4.69, 9.17) is 11.6 Å². The van der Waals surface area contributed by atoms with Crippen molar-refractivity contribution in [1.82, 2.24) is 4.98 Å². The fraction of sp³-hybridized carbons (Fsp3) is 0. The van der Waals surface area contributed by atoms with E-state index in [1.807, 2.05) is 36.6 Å². The van der Waals surface area contributed by atoms with Gasteiger partial charge in [-0.2, -0.15) is 0 Å². The summed E-state index contributed by atoms with van der Waals surface area (Å²) in [7, 11) is 0. The first-order valence-electron chi connectivity index (χ1n) is 5.07. The normalized spacial score (nSPS) is 11.2. The Morgan fingerprint density at radius 1 is 1.12 bits per heavy atom. The number of halogens is 1. The maximum absolute atomic E-state index is 10.9. The minimum Gasteiger partial charge on any atom is -0.285 e. The topological polar surface area (TPSA) is 30.0 Å². The van der Waals surface area contributed by atoms with Crippen LogP contribution in [0.15, 0.2) is 48.5 Å². The molecule has 0 bridgehead atoms. The summed E-state index contributed by atoms with van der Waals surface area (Å²) in [5.74, 6) is 0. The van der Waals surface area contributed by atoms with Gasteiger partial charge in [-0.05, 0) is 23.8 Å². The molecule has 0 atom stereocenters. The van der Waals surface area contributed by atoms with Gasteiger partial charge >= 0.3 is 0 Å². The van der Waals surface area contributed by atoms with Crippen molar-refractivity contribution in [1.29, 1.82) is 0 Å². The van der Waals surface area contributed by atoms with Crippen molar-refractivity contribution in [3.8, 4) is 0 Å². The third kappa shape index (κ3) is 3.02. The highest BCUT2D eigenvalue weighted by Crippen LogP contribution is 2.16. The molecule has 0 saturated carbocycles. The van der Waals surface area contributed by atoms with Gasteiger partial charge in [-0.25, -0.2) is 4.98 Å². The van der Waals surface area contributed by atoms with Crippen molar-refractivity contribution in [3.63, 3.8) is 0 Å². The van der Waals surface area contributed by atoms with Gasteiger partial charge in [0.25, 0.3) is 0 Å². The summed E-state index contributed by atoms with van der Waals surface area (Å²) in [5.41, 5.74) is 1.84. The van der Waals surface area contributed by atoms with Crippen LogP contribution in [0, 0.1) is 0 Å². The second-order valence-electron chi connectivity index (χ2n) is 3.42. The molecule has 83 valence electrons. The summed E-state index contributed by atoms with van der Waals surface area (Å²) in [6.45, 7) is 0. The van der Waals surface area contributed by atoms with Crippen LogP contribution in [-0.4, -0.2) is 11.3 Å². The van der Waals surface area contributed by atoms with E-state index < -0.39 is 0 Å². The van der Waals surface area contributed by atoms with Crippen molar-refractivity contribution in [2.24, 2.45) is 0 Å². The van der Waals surface area contributed by atoms with Crippen LogP contribution in [-0.2, 0) is 4.79 Å². The van der Waals surface area contributed by atoms with E-state index in [1.54, 1.807) is 24.3 Å². The third-order valence-electron chi connectivity index (χ3n) is 2.21. The van der Waals surface area contributed by atoms with Crippen LogP contribution in [0.25, 0.3) is 11.6 Å². The number of allylic oxidation sites excluding steroid dienone is 1. The summed E-state index contributed by atoms with van der Waals surface area (Å²) in [6, 6.07) is 14.7. The van der Waals surface area contributed by atoms with Gasteiger partial charge in [0.15, 0.2) is 0 Å². The summed E-state index contributed by atoms with van der Waals surface area (Å²) < 4.78 is 0. The fourth-order valence-corrected chi connectivity index (χ4v) is 1.59. The molecule has 1 aromatic heterocycles. The molecule has 1 aromatic carbocycles. The highest BCUT2D eigenvalue weighted by Gasteiger charge is 2.03. The first-order valence-corrected chi connectivity index (χ1v) is 5.45. The Hall–Kier alpha value is -1.93. The van der Waals surface area contributed by atoms with Crippen LogP contribution in [0.4, 0.5) is 0 Å². The molecule has 2 nitrogen and oxygen atoms in total. The molecule has 0 amide bonds. The Kier molecular flexibility index (Phi) is 3.68. The van der Waals surface area contributed by atoms with Gasteiger partial charge in [0.1, 0.15) is 5.15 Å². The highest BCUT2D eigenvalue weighted by atomic mass is 35.5. The molecule has 0 aliphatic heterocycles. The van der Waals surface area contributed by atoms with E-state index in [0.717, 1.165) is 5.56 Å². The molecule has 2 aromatic rings. The van der Waals surface area contributed by atoms with Gasteiger partial charge in [0.2, 0.25) is 6.29 Å². The maximum Gasteiger partial charge on any atom is 0.235 e. The number of pyridine rings is 1. The molecule has 0 unspecified atom stereocenters. The molecule has 0 spiro atoms. The molecular weight excluding hydrogens is 234 g/mol. The zero-order valence-electron chi connectivity index (χ0n) is 8.93. The van der Waals surface area contributed by atoms with Crippen molar-refractivity contribution in [2.45, 2.75) is 0 Å².